The van der Waals surface area contributed by atoms with Crippen LogP contribution in [0.15, 0.2) is 35.4 Å². The zero-order valence-corrected chi connectivity index (χ0v) is 6.27. The van der Waals surface area contributed by atoms with Crippen LogP contribution in [0.5, 0.6) is 0 Å². The van der Waals surface area contributed by atoms with Crippen molar-refractivity contribution in [2.45, 2.75) is 0 Å². The number of rotatable bonds is 0. The minimum Gasteiger partial charge on any atom is -0.356 e. The van der Waals surface area contributed by atoms with Crippen LogP contribution in [-0.4, -0.2) is 17.4 Å². The van der Waals surface area contributed by atoms with Gasteiger partial charge in [0.1, 0.15) is 0 Å². The SMILES string of the molecule is [B]n1cnc2ccccc2c1=O. The first-order chi connectivity index (χ1) is 5.79. The summed E-state index contributed by atoms with van der Waals surface area (Å²) in [5.74, 6) is 0. The lowest BCUT2D eigenvalue weighted by atomic mass is 10.2. The van der Waals surface area contributed by atoms with Gasteiger partial charge in [0.15, 0.2) is 0 Å². The van der Waals surface area contributed by atoms with E-state index in [0.717, 1.165) is 4.48 Å². The highest BCUT2D eigenvalue weighted by Gasteiger charge is 1.97. The third-order valence-corrected chi connectivity index (χ3v) is 1.69. The molecular weight excluding hydrogens is 151 g/mol. The number of hydrogen-bond donors (Lipinski definition) is 0. The molecule has 56 valence electrons. The Kier molecular flexibility index (Phi) is 1.47. The molecule has 0 amide bonds. The Morgan fingerprint density at radius 3 is 2.92 bits per heavy atom. The summed E-state index contributed by atoms with van der Waals surface area (Å²) < 4.78 is 0.975. The fraction of sp³-hybridized carbons (Fsp3) is 0. The van der Waals surface area contributed by atoms with Gasteiger partial charge in [0, 0.05) is 0 Å². The summed E-state index contributed by atoms with van der Waals surface area (Å²) in [5, 5.41) is 0.544. The van der Waals surface area contributed by atoms with E-state index in [1.54, 1.807) is 18.2 Å². The zero-order valence-electron chi connectivity index (χ0n) is 6.27. The molecule has 0 aliphatic carbocycles. The summed E-state index contributed by atoms with van der Waals surface area (Å²) >= 11 is 0. The molecule has 0 bridgehead atoms. The fourth-order valence-electron chi connectivity index (χ4n) is 1.08. The first-order valence-electron chi connectivity index (χ1n) is 3.50. The van der Waals surface area contributed by atoms with E-state index in [2.05, 4.69) is 4.98 Å². The largest absolute Gasteiger partial charge is 0.356 e. The van der Waals surface area contributed by atoms with E-state index in [1.165, 1.54) is 6.33 Å². The Labute approximate surface area is 70.1 Å². The van der Waals surface area contributed by atoms with E-state index in [4.69, 9.17) is 7.98 Å². The lowest BCUT2D eigenvalue weighted by Crippen LogP contribution is -2.18. The molecule has 0 fully saturated rings. The zero-order chi connectivity index (χ0) is 8.55. The summed E-state index contributed by atoms with van der Waals surface area (Å²) in [4.78, 5) is 15.3. The van der Waals surface area contributed by atoms with Gasteiger partial charge in [-0.2, -0.15) is 0 Å². The molecule has 1 aromatic heterocycles. The van der Waals surface area contributed by atoms with Gasteiger partial charge < -0.3 is 4.48 Å². The molecule has 0 saturated carbocycles. The van der Waals surface area contributed by atoms with Crippen LogP contribution in [-0.2, 0) is 0 Å². The first kappa shape index (κ1) is 7.09. The molecule has 12 heavy (non-hydrogen) atoms. The number of nitrogens with zero attached hydrogens (tertiary/aromatic N) is 2. The van der Waals surface area contributed by atoms with Crippen molar-refractivity contribution in [3.63, 3.8) is 0 Å². The van der Waals surface area contributed by atoms with Crippen LogP contribution in [0, 0.1) is 0 Å². The Morgan fingerprint density at radius 2 is 2.08 bits per heavy atom. The fourth-order valence-corrected chi connectivity index (χ4v) is 1.08. The van der Waals surface area contributed by atoms with Crippen LogP contribution >= 0.6 is 0 Å². The summed E-state index contributed by atoms with van der Waals surface area (Å²) in [5.41, 5.74) is 0.449. The molecule has 1 heterocycles. The highest BCUT2D eigenvalue weighted by Crippen LogP contribution is 2.03. The second kappa shape index (κ2) is 2.48. The van der Waals surface area contributed by atoms with Crippen molar-refractivity contribution in [1.29, 1.82) is 0 Å². The molecule has 0 aliphatic rings. The smallest absolute Gasteiger partial charge is 0.248 e. The maximum absolute atomic E-state index is 11.3. The monoisotopic (exact) mass is 156 g/mol. The van der Waals surface area contributed by atoms with Gasteiger partial charge in [-0.3, -0.25) is 4.79 Å². The van der Waals surface area contributed by atoms with E-state index >= 15 is 0 Å². The number of aromatic nitrogens is 2. The predicted molar refractivity (Wildman–Crippen MR) is 47.2 cm³/mol. The minimum atomic E-state index is -0.222. The maximum Gasteiger partial charge on any atom is 0.248 e. The molecular formula is C8H5BN2O. The normalized spacial score (nSPS) is 10.3. The van der Waals surface area contributed by atoms with Crippen LogP contribution in [0.2, 0.25) is 0 Å². The highest BCUT2D eigenvalue weighted by molar-refractivity contribution is 6.06. The number of para-hydroxylation sites is 1. The summed E-state index contributed by atoms with van der Waals surface area (Å²) in [7, 11) is 5.33. The van der Waals surface area contributed by atoms with E-state index in [1.807, 2.05) is 6.07 Å². The Bertz CT molecular complexity index is 478. The number of benzene rings is 1. The van der Waals surface area contributed by atoms with Crippen molar-refractivity contribution in [2.75, 3.05) is 0 Å². The van der Waals surface area contributed by atoms with Crippen LogP contribution in [0.1, 0.15) is 0 Å². The average Bonchev–Trinajstić information content (AvgIpc) is 2.12. The van der Waals surface area contributed by atoms with Crippen LogP contribution in [0.3, 0.4) is 0 Å². The first-order valence-corrected chi connectivity index (χ1v) is 3.50. The predicted octanol–water partition coefficient (Wildman–Crippen LogP) is 0.328. The number of hydrogen-bond acceptors (Lipinski definition) is 2. The van der Waals surface area contributed by atoms with E-state index in [-0.39, 0.29) is 5.56 Å². The van der Waals surface area contributed by atoms with Crippen molar-refractivity contribution >= 4 is 18.9 Å². The molecule has 2 radical (unpaired) electrons. The Morgan fingerprint density at radius 1 is 1.33 bits per heavy atom. The van der Waals surface area contributed by atoms with Crippen molar-refractivity contribution in [1.82, 2.24) is 9.46 Å². The molecule has 1 aromatic carbocycles. The standard InChI is InChI=1S/C8H5BN2O/c9-11-5-10-7-4-2-1-3-6(7)8(11)12/h1-5H. The third kappa shape index (κ3) is 0.924. The number of fused-ring (bicyclic) bond motifs is 1. The minimum absolute atomic E-state index is 0.222. The van der Waals surface area contributed by atoms with E-state index in [9.17, 15) is 4.79 Å². The lowest BCUT2D eigenvalue weighted by Gasteiger charge is -1.98. The average molecular weight is 156 g/mol. The third-order valence-electron chi connectivity index (χ3n) is 1.69. The molecule has 0 saturated heterocycles. The van der Waals surface area contributed by atoms with Gasteiger partial charge in [0.05, 0.1) is 17.2 Å². The van der Waals surface area contributed by atoms with E-state index in [0.29, 0.717) is 10.9 Å². The van der Waals surface area contributed by atoms with Crippen molar-refractivity contribution < 1.29 is 0 Å². The molecule has 0 aliphatic heterocycles. The maximum atomic E-state index is 11.3. The van der Waals surface area contributed by atoms with Crippen LogP contribution < -0.4 is 5.56 Å². The summed E-state index contributed by atoms with van der Waals surface area (Å²) in [6.07, 6.45) is 1.31. The van der Waals surface area contributed by atoms with Crippen molar-refractivity contribution in [3.05, 3.63) is 40.9 Å². The molecule has 0 N–H and O–H groups in total. The van der Waals surface area contributed by atoms with Gasteiger partial charge in [-0.05, 0) is 12.1 Å². The highest BCUT2D eigenvalue weighted by atomic mass is 16.1. The molecule has 0 atom stereocenters. The lowest BCUT2D eigenvalue weighted by molar-refractivity contribution is 1.08. The van der Waals surface area contributed by atoms with Gasteiger partial charge in [-0.15, -0.1) is 0 Å². The van der Waals surface area contributed by atoms with Gasteiger partial charge in [0.25, 0.3) is 0 Å². The second-order valence-electron chi connectivity index (χ2n) is 2.47. The van der Waals surface area contributed by atoms with Gasteiger partial charge in [-0.25, -0.2) is 4.98 Å². The van der Waals surface area contributed by atoms with Crippen LogP contribution in [0.25, 0.3) is 10.9 Å². The van der Waals surface area contributed by atoms with Crippen LogP contribution in [0.4, 0.5) is 0 Å². The Balaban J connectivity index is 3.01. The topological polar surface area (TPSA) is 34.9 Å². The molecule has 0 spiro atoms. The summed E-state index contributed by atoms with van der Waals surface area (Å²) in [6, 6.07) is 7.09. The van der Waals surface area contributed by atoms with E-state index < -0.39 is 0 Å². The van der Waals surface area contributed by atoms with Gasteiger partial charge >= 0.3 is 0 Å². The van der Waals surface area contributed by atoms with Crippen molar-refractivity contribution in [2.24, 2.45) is 0 Å². The van der Waals surface area contributed by atoms with Crippen molar-refractivity contribution in [3.8, 4) is 0 Å². The molecule has 3 nitrogen and oxygen atoms in total. The summed E-state index contributed by atoms with van der Waals surface area (Å²) in [6.45, 7) is 0. The van der Waals surface area contributed by atoms with Gasteiger partial charge in [-0.1, -0.05) is 12.1 Å². The Hall–Kier alpha value is -1.58. The molecule has 4 heteroatoms. The molecule has 0 unspecified atom stereocenters. The molecule has 2 aromatic rings. The molecule has 2 rings (SSSR count). The quantitative estimate of drug-likeness (QED) is 0.515. The second-order valence-corrected chi connectivity index (χ2v) is 2.47. The van der Waals surface area contributed by atoms with Gasteiger partial charge in [0.2, 0.25) is 13.5 Å².